The van der Waals surface area contributed by atoms with Crippen molar-refractivity contribution in [1.29, 1.82) is 0 Å². The fourth-order valence-corrected chi connectivity index (χ4v) is 4.84. The summed E-state index contributed by atoms with van der Waals surface area (Å²) in [6.07, 6.45) is 0.467. The highest BCUT2D eigenvalue weighted by atomic mass is 16.5. The Morgan fingerprint density at radius 3 is 2.48 bits per heavy atom. The molecule has 168 valence electrons. The third kappa shape index (κ3) is 4.23. The van der Waals surface area contributed by atoms with Crippen LogP contribution in [0.5, 0.6) is 5.75 Å². The van der Waals surface area contributed by atoms with Gasteiger partial charge in [0.15, 0.2) is 0 Å². The first-order valence-corrected chi connectivity index (χ1v) is 11.5. The van der Waals surface area contributed by atoms with E-state index >= 15 is 0 Å². The van der Waals surface area contributed by atoms with Gasteiger partial charge in [0, 0.05) is 24.6 Å². The van der Waals surface area contributed by atoms with Crippen molar-refractivity contribution < 1.29 is 9.53 Å². The fourth-order valence-electron chi connectivity index (χ4n) is 4.84. The van der Waals surface area contributed by atoms with Crippen LogP contribution in [0.1, 0.15) is 34.9 Å². The lowest BCUT2D eigenvalue weighted by atomic mass is 10.1. The van der Waals surface area contributed by atoms with Crippen LogP contribution < -0.4 is 9.64 Å². The Morgan fingerprint density at radius 2 is 1.70 bits per heavy atom. The Labute approximate surface area is 194 Å². The zero-order valence-corrected chi connectivity index (χ0v) is 19.4. The lowest BCUT2D eigenvalue weighted by Gasteiger charge is -2.19. The minimum atomic E-state index is 0.0455. The number of imidazole rings is 1. The topological polar surface area (TPSA) is 47.4 Å². The van der Waals surface area contributed by atoms with E-state index in [2.05, 4.69) is 55.7 Å². The largest absolute Gasteiger partial charge is 0.491 e. The maximum Gasteiger partial charge on any atom is 0.227 e. The molecule has 4 aromatic rings. The zero-order chi connectivity index (χ0) is 22.9. The van der Waals surface area contributed by atoms with Crippen LogP contribution >= 0.6 is 0 Å². The summed E-state index contributed by atoms with van der Waals surface area (Å²) in [5.41, 5.74) is 6.48. The van der Waals surface area contributed by atoms with Gasteiger partial charge in [-0.3, -0.25) is 4.79 Å². The highest BCUT2D eigenvalue weighted by Gasteiger charge is 2.35. The molecule has 1 atom stereocenters. The molecule has 1 saturated heterocycles. The third-order valence-corrected chi connectivity index (χ3v) is 6.36. The van der Waals surface area contributed by atoms with Crippen LogP contribution in [0.4, 0.5) is 5.69 Å². The molecule has 1 aromatic heterocycles. The summed E-state index contributed by atoms with van der Waals surface area (Å²) in [4.78, 5) is 19.9. The van der Waals surface area contributed by atoms with E-state index in [0.29, 0.717) is 26.1 Å². The molecule has 1 amide bonds. The van der Waals surface area contributed by atoms with Crippen molar-refractivity contribution >= 4 is 22.6 Å². The van der Waals surface area contributed by atoms with Gasteiger partial charge in [0.1, 0.15) is 18.2 Å². The molecule has 1 aliphatic heterocycles. The molecular weight excluding hydrogens is 410 g/mol. The van der Waals surface area contributed by atoms with Gasteiger partial charge < -0.3 is 14.2 Å². The molecule has 0 radical (unpaired) electrons. The van der Waals surface area contributed by atoms with Crippen LogP contribution in [0.3, 0.4) is 0 Å². The van der Waals surface area contributed by atoms with Crippen LogP contribution in [0, 0.1) is 20.8 Å². The molecule has 0 saturated carbocycles. The van der Waals surface area contributed by atoms with Crippen molar-refractivity contribution in [2.45, 2.75) is 39.7 Å². The normalized spacial score (nSPS) is 16.0. The first-order valence-electron chi connectivity index (χ1n) is 11.5. The van der Waals surface area contributed by atoms with Crippen LogP contribution in [0.25, 0.3) is 11.0 Å². The number of anilines is 1. The molecule has 1 aliphatic rings. The average Bonchev–Trinajstić information content (AvgIpc) is 3.35. The molecule has 5 rings (SSSR count). The van der Waals surface area contributed by atoms with Crippen LogP contribution in [-0.2, 0) is 11.3 Å². The smallest absolute Gasteiger partial charge is 0.227 e. The molecular formula is C28H29N3O2. The second-order valence-electron chi connectivity index (χ2n) is 8.98. The Kier molecular flexibility index (Phi) is 5.63. The maximum atomic E-state index is 13.0. The fraction of sp³-hybridized carbons (Fsp3) is 0.286. The Bertz CT molecular complexity index is 1300. The van der Waals surface area contributed by atoms with Gasteiger partial charge in [0.2, 0.25) is 5.91 Å². The van der Waals surface area contributed by atoms with E-state index in [1.165, 1.54) is 11.1 Å². The highest BCUT2D eigenvalue weighted by Crippen LogP contribution is 2.34. The van der Waals surface area contributed by atoms with Gasteiger partial charge in [-0.15, -0.1) is 0 Å². The van der Waals surface area contributed by atoms with E-state index in [9.17, 15) is 4.79 Å². The minimum Gasteiger partial charge on any atom is -0.491 e. The van der Waals surface area contributed by atoms with E-state index in [1.54, 1.807) is 0 Å². The number of benzene rings is 3. The Balaban J connectivity index is 1.42. The molecule has 3 aromatic carbocycles. The van der Waals surface area contributed by atoms with Gasteiger partial charge >= 0.3 is 0 Å². The average molecular weight is 440 g/mol. The van der Waals surface area contributed by atoms with Gasteiger partial charge in [-0.1, -0.05) is 36.4 Å². The molecule has 0 bridgehead atoms. The summed E-state index contributed by atoms with van der Waals surface area (Å²) in [5, 5.41) is 0. The van der Waals surface area contributed by atoms with Gasteiger partial charge in [-0.2, -0.15) is 0 Å². The summed E-state index contributed by atoms with van der Waals surface area (Å²) in [6.45, 7) is 8.06. The van der Waals surface area contributed by atoms with Gasteiger partial charge in [-0.05, 0) is 67.8 Å². The number of fused-ring (bicyclic) bond motifs is 1. The molecule has 2 heterocycles. The molecule has 5 nitrogen and oxygen atoms in total. The molecule has 5 heteroatoms. The van der Waals surface area contributed by atoms with E-state index < -0.39 is 0 Å². The third-order valence-electron chi connectivity index (χ3n) is 6.36. The number of nitrogens with zero attached hydrogens (tertiary/aromatic N) is 3. The standard InChI is InChI=1S/C28H29N3O2/c1-19-14-20(2)16-23(15-19)31-18-22(17-27(31)32)28-29-24-9-5-6-10-25(24)30(28)12-13-33-26-11-7-4-8-21(26)3/h4-11,14-16,22H,12-13,17-18H2,1-3H3/t22-/m0/s1. The predicted octanol–water partition coefficient (Wildman–Crippen LogP) is 5.56. The number of carbonyl (C=O) groups excluding carboxylic acids is 1. The maximum absolute atomic E-state index is 13.0. The molecule has 33 heavy (non-hydrogen) atoms. The number of aromatic nitrogens is 2. The Hall–Kier alpha value is -3.60. The molecule has 0 N–H and O–H groups in total. The van der Waals surface area contributed by atoms with Crippen molar-refractivity contribution in [2.24, 2.45) is 0 Å². The van der Waals surface area contributed by atoms with E-state index in [-0.39, 0.29) is 11.8 Å². The Morgan fingerprint density at radius 1 is 0.970 bits per heavy atom. The quantitative estimate of drug-likeness (QED) is 0.395. The summed E-state index contributed by atoms with van der Waals surface area (Å²) in [6, 6.07) is 22.6. The number of hydrogen-bond acceptors (Lipinski definition) is 3. The molecule has 1 fully saturated rings. The van der Waals surface area contributed by atoms with E-state index in [4.69, 9.17) is 9.72 Å². The number of carbonyl (C=O) groups is 1. The second kappa shape index (κ2) is 8.74. The number of para-hydroxylation sites is 3. The SMILES string of the molecule is Cc1cc(C)cc(N2C[C@@H](c3nc4ccccc4n3CCOc3ccccc3C)CC2=O)c1. The number of ether oxygens (including phenoxy) is 1. The lowest BCUT2D eigenvalue weighted by Crippen LogP contribution is -2.25. The summed E-state index contributed by atoms with van der Waals surface area (Å²) < 4.78 is 8.32. The zero-order valence-electron chi connectivity index (χ0n) is 19.4. The van der Waals surface area contributed by atoms with Crippen molar-refractivity contribution in [1.82, 2.24) is 9.55 Å². The minimum absolute atomic E-state index is 0.0455. The van der Waals surface area contributed by atoms with Crippen LogP contribution in [-0.4, -0.2) is 28.6 Å². The summed E-state index contributed by atoms with van der Waals surface area (Å²) in [5.74, 6) is 2.06. The predicted molar refractivity (Wildman–Crippen MR) is 132 cm³/mol. The number of amides is 1. The van der Waals surface area contributed by atoms with Gasteiger partial charge in [0.05, 0.1) is 17.6 Å². The first-order chi connectivity index (χ1) is 16.0. The first kappa shape index (κ1) is 21.3. The van der Waals surface area contributed by atoms with Crippen molar-refractivity contribution in [3.05, 3.63) is 89.2 Å². The van der Waals surface area contributed by atoms with Crippen molar-refractivity contribution in [3.63, 3.8) is 0 Å². The number of rotatable bonds is 6. The monoisotopic (exact) mass is 439 g/mol. The van der Waals surface area contributed by atoms with Gasteiger partial charge in [-0.25, -0.2) is 4.98 Å². The van der Waals surface area contributed by atoms with Crippen molar-refractivity contribution in [2.75, 3.05) is 18.1 Å². The summed E-state index contributed by atoms with van der Waals surface area (Å²) in [7, 11) is 0. The van der Waals surface area contributed by atoms with Crippen LogP contribution in [0.2, 0.25) is 0 Å². The van der Waals surface area contributed by atoms with E-state index in [1.807, 2.05) is 41.3 Å². The van der Waals surface area contributed by atoms with E-state index in [0.717, 1.165) is 33.9 Å². The second-order valence-corrected chi connectivity index (χ2v) is 8.98. The van der Waals surface area contributed by atoms with Crippen molar-refractivity contribution in [3.8, 4) is 5.75 Å². The molecule has 0 unspecified atom stereocenters. The number of aryl methyl sites for hydroxylation is 3. The molecule has 0 aliphatic carbocycles. The lowest BCUT2D eigenvalue weighted by molar-refractivity contribution is -0.117. The van der Waals surface area contributed by atoms with Crippen LogP contribution in [0.15, 0.2) is 66.7 Å². The highest BCUT2D eigenvalue weighted by molar-refractivity contribution is 5.96. The summed E-state index contributed by atoms with van der Waals surface area (Å²) >= 11 is 0. The number of hydrogen-bond donors (Lipinski definition) is 0. The molecule has 0 spiro atoms. The van der Waals surface area contributed by atoms with Gasteiger partial charge in [0.25, 0.3) is 0 Å².